The van der Waals surface area contributed by atoms with Crippen LogP contribution >= 0.6 is 0 Å². The normalized spacial score (nSPS) is 16.4. The summed E-state index contributed by atoms with van der Waals surface area (Å²) in [6.45, 7) is 6.29. The summed E-state index contributed by atoms with van der Waals surface area (Å²) in [7, 11) is 0. The van der Waals surface area contributed by atoms with Crippen molar-refractivity contribution in [3.05, 3.63) is 36.0 Å². The number of fused-ring (bicyclic) bond motifs is 1. The number of hydrogen-bond acceptors (Lipinski definition) is 6. The number of para-hydroxylation sites is 1. The van der Waals surface area contributed by atoms with E-state index in [0.717, 1.165) is 16.5 Å². The van der Waals surface area contributed by atoms with Gasteiger partial charge in [0.25, 0.3) is 0 Å². The van der Waals surface area contributed by atoms with Crippen LogP contribution in [0.2, 0.25) is 0 Å². The third-order valence-corrected chi connectivity index (χ3v) is 6.08. The molecule has 2 aromatic rings. The molecule has 11 heteroatoms. The highest BCUT2D eigenvalue weighted by Gasteiger charge is 2.32. The van der Waals surface area contributed by atoms with Crippen LogP contribution < -0.4 is 21.7 Å². The summed E-state index contributed by atoms with van der Waals surface area (Å²) in [5, 5.41) is 27.4. The number of nitrogens with one attached hydrogen (secondary N) is 4. The fourth-order valence-electron chi connectivity index (χ4n) is 3.53. The first kappa shape index (κ1) is 27.8. The number of aromatic nitrogens is 1. The van der Waals surface area contributed by atoms with Gasteiger partial charge in [-0.05, 0) is 31.4 Å². The number of carbonyl (C=O) groups is 4. The van der Waals surface area contributed by atoms with E-state index in [1.165, 1.54) is 13.8 Å². The van der Waals surface area contributed by atoms with Gasteiger partial charge in [-0.25, -0.2) is 0 Å². The number of aliphatic hydroxyl groups is 1. The van der Waals surface area contributed by atoms with E-state index in [2.05, 4.69) is 20.9 Å². The molecule has 1 aromatic carbocycles. The fraction of sp³-hybridized carbons (Fsp3) is 0.500. The Morgan fingerprint density at radius 3 is 2.26 bits per heavy atom. The highest BCUT2D eigenvalue weighted by molar-refractivity contribution is 5.95. The molecule has 0 radical (unpaired) electrons. The van der Waals surface area contributed by atoms with E-state index >= 15 is 0 Å². The molecule has 0 bridgehead atoms. The second kappa shape index (κ2) is 12.3. The van der Waals surface area contributed by atoms with Crippen molar-refractivity contribution in [3.63, 3.8) is 0 Å². The number of rotatable bonds is 12. The van der Waals surface area contributed by atoms with Gasteiger partial charge in [-0.3, -0.25) is 19.2 Å². The molecule has 6 unspecified atom stereocenters. The predicted octanol–water partition coefficient (Wildman–Crippen LogP) is 0.0235. The number of aromatic amines is 1. The van der Waals surface area contributed by atoms with Gasteiger partial charge in [0, 0.05) is 23.5 Å². The lowest BCUT2D eigenvalue weighted by Gasteiger charge is -2.26. The number of nitrogens with two attached hydrogens (primary N) is 1. The number of carbonyl (C=O) groups excluding carboxylic acids is 3. The SMILES string of the molecule is CCC(C)C(N)C(=O)NC(Cc1c[nH]c2ccccc12)C(=O)NC(C(=O)NC(C)C(=O)O)C(C)O. The summed E-state index contributed by atoms with van der Waals surface area (Å²) >= 11 is 0. The van der Waals surface area contributed by atoms with Gasteiger partial charge in [-0.2, -0.15) is 0 Å². The van der Waals surface area contributed by atoms with Crippen molar-refractivity contribution in [2.24, 2.45) is 11.7 Å². The van der Waals surface area contributed by atoms with E-state index < -0.39 is 54.0 Å². The van der Waals surface area contributed by atoms with Crippen molar-refractivity contribution in [2.75, 3.05) is 0 Å². The first-order valence-electron chi connectivity index (χ1n) is 11.6. The average molecular weight is 490 g/mol. The van der Waals surface area contributed by atoms with Crippen LogP contribution in [-0.2, 0) is 25.6 Å². The maximum atomic E-state index is 13.3. The summed E-state index contributed by atoms with van der Waals surface area (Å²) in [6, 6.07) is 2.86. The quantitative estimate of drug-likeness (QED) is 0.219. The molecule has 8 N–H and O–H groups in total. The van der Waals surface area contributed by atoms with E-state index in [4.69, 9.17) is 10.8 Å². The summed E-state index contributed by atoms with van der Waals surface area (Å²) in [4.78, 5) is 52.8. The lowest BCUT2D eigenvalue weighted by molar-refractivity contribution is -0.142. The number of aliphatic hydroxyl groups excluding tert-OH is 1. The summed E-state index contributed by atoms with van der Waals surface area (Å²) in [5.41, 5.74) is 7.67. The molecule has 0 fully saturated rings. The van der Waals surface area contributed by atoms with E-state index in [1.807, 2.05) is 38.1 Å². The van der Waals surface area contributed by atoms with Crippen molar-refractivity contribution in [1.29, 1.82) is 0 Å². The molecule has 0 saturated heterocycles. The number of benzene rings is 1. The Labute approximate surface area is 203 Å². The smallest absolute Gasteiger partial charge is 0.325 e. The van der Waals surface area contributed by atoms with Crippen molar-refractivity contribution in [1.82, 2.24) is 20.9 Å². The zero-order chi connectivity index (χ0) is 26.3. The molecule has 6 atom stereocenters. The van der Waals surface area contributed by atoms with Gasteiger partial charge in [0.15, 0.2) is 0 Å². The number of aliphatic carboxylic acids is 1. The predicted molar refractivity (Wildman–Crippen MR) is 130 cm³/mol. The highest BCUT2D eigenvalue weighted by atomic mass is 16.4. The first-order chi connectivity index (χ1) is 16.5. The van der Waals surface area contributed by atoms with E-state index in [-0.39, 0.29) is 12.3 Å². The van der Waals surface area contributed by atoms with E-state index in [0.29, 0.717) is 6.42 Å². The van der Waals surface area contributed by atoms with Gasteiger partial charge in [-0.15, -0.1) is 0 Å². The van der Waals surface area contributed by atoms with Gasteiger partial charge in [-0.1, -0.05) is 38.5 Å². The Balaban J connectivity index is 2.29. The van der Waals surface area contributed by atoms with Crippen molar-refractivity contribution >= 4 is 34.6 Å². The topological polar surface area (TPSA) is 187 Å². The minimum atomic E-state index is -1.44. The first-order valence-corrected chi connectivity index (χ1v) is 11.6. The molecule has 0 saturated carbocycles. The third-order valence-electron chi connectivity index (χ3n) is 6.08. The van der Waals surface area contributed by atoms with Crippen LogP contribution in [0, 0.1) is 5.92 Å². The lowest BCUT2D eigenvalue weighted by atomic mass is 9.98. The molecule has 192 valence electrons. The minimum absolute atomic E-state index is 0.0918. The number of carboxylic acids is 1. The minimum Gasteiger partial charge on any atom is -0.480 e. The molecule has 1 heterocycles. The van der Waals surface area contributed by atoms with Crippen LogP contribution in [0.3, 0.4) is 0 Å². The van der Waals surface area contributed by atoms with Crippen LogP contribution in [0.1, 0.15) is 39.7 Å². The van der Waals surface area contributed by atoms with Gasteiger partial charge in [0.2, 0.25) is 17.7 Å². The van der Waals surface area contributed by atoms with Gasteiger partial charge in [0.1, 0.15) is 18.1 Å². The maximum absolute atomic E-state index is 13.3. The molecule has 3 amide bonds. The van der Waals surface area contributed by atoms with Crippen LogP contribution in [0.4, 0.5) is 0 Å². The Hall–Kier alpha value is -3.44. The molecule has 2 rings (SSSR count). The van der Waals surface area contributed by atoms with Crippen LogP contribution in [-0.4, -0.2) is 69.2 Å². The van der Waals surface area contributed by atoms with Crippen LogP contribution in [0.15, 0.2) is 30.5 Å². The van der Waals surface area contributed by atoms with Crippen LogP contribution in [0.5, 0.6) is 0 Å². The molecule has 0 spiro atoms. The lowest BCUT2D eigenvalue weighted by Crippen LogP contribution is -2.60. The molecular weight excluding hydrogens is 454 g/mol. The Morgan fingerprint density at radius 1 is 1.00 bits per heavy atom. The van der Waals surface area contributed by atoms with Crippen molar-refractivity contribution < 1.29 is 29.4 Å². The molecular formula is C24H35N5O6. The van der Waals surface area contributed by atoms with E-state index in [1.54, 1.807) is 6.20 Å². The molecule has 11 nitrogen and oxygen atoms in total. The Morgan fingerprint density at radius 2 is 1.66 bits per heavy atom. The molecule has 0 aliphatic rings. The summed E-state index contributed by atoms with van der Waals surface area (Å²) in [6.07, 6.45) is 1.17. The molecule has 0 aliphatic carbocycles. The third kappa shape index (κ3) is 7.27. The standard InChI is InChI=1S/C24H35N5O6/c1-5-12(2)19(25)22(32)28-18(10-15-11-26-17-9-7-6-8-16(15)17)21(31)29-20(14(4)30)23(33)27-13(3)24(34)35/h6-9,11-14,18-20,26,30H,5,10,25H2,1-4H3,(H,27,33)(H,28,32)(H,29,31)(H,34,35). The number of H-pyrrole nitrogens is 1. The second-order valence-electron chi connectivity index (χ2n) is 8.83. The monoisotopic (exact) mass is 489 g/mol. The van der Waals surface area contributed by atoms with Gasteiger partial charge in [0.05, 0.1) is 12.1 Å². The number of hydrogen-bond donors (Lipinski definition) is 7. The van der Waals surface area contributed by atoms with Crippen molar-refractivity contribution in [2.45, 2.75) is 70.8 Å². The zero-order valence-corrected chi connectivity index (χ0v) is 20.4. The number of amides is 3. The largest absolute Gasteiger partial charge is 0.480 e. The molecule has 1 aromatic heterocycles. The van der Waals surface area contributed by atoms with Gasteiger partial charge >= 0.3 is 5.97 Å². The summed E-state index contributed by atoms with van der Waals surface area (Å²) < 4.78 is 0. The summed E-state index contributed by atoms with van der Waals surface area (Å²) in [5.74, 6) is -3.49. The maximum Gasteiger partial charge on any atom is 0.325 e. The Kier molecular flexibility index (Phi) is 9.78. The highest BCUT2D eigenvalue weighted by Crippen LogP contribution is 2.19. The van der Waals surface area contributed by atoms with Crippen LogP contribution in [0.25, 0.3) is 10.9 Å². The second-order valence-corrected chi connectivity index (χ2v) is 8.83. The zero-order valence-electron chi connectivity index (χ0n) is 20.4. The average Bonchev–Trinajstić information content (AvgIpc) is 3.23. The molecule has 35 heavy (non-hydrogen) atoms. The molecule has 0 aliphatic heterocycles. The van der Waals surface area contributed by atoms with E-state index in [9.17, 15) is 24.3 Å². The fourth-order valence-corrected chi connectivity index (χ4v) is 3.53. The van der Waals surface area contributed by atoms with Gasteiger partial charge < -0.3 is 36.9 Å². The van der Waals surface area contributed by atoms with Crippen molar-refractivity contribution in [3.8, 4) is 0 Å². The number of carboxylic acid groups (broad SMARTS) is 1. The Bertz CT molecular complexity index is 1050.